The highest BCUT2D eigenvalue weighted by Gasteiger charge is 2.48. The van der Waals surface area contributed by atoms with Gasteiger partial charge in [-0.05, 0) is 48.1 Å². The maximum absolute atomic E-state index is 12.9. The van der Waals surface area contributed by atoms with Crippen LogP contribution < -0.4 is 10.6 Å². The Morgan fingerprint density at radius 1 is 0.950 bits per heavy atom. The number of fused-ring (bicyclic) bond motifs is 2. The first-order valence-electron chi connectivity index (χ1n) is 13.4. The molecule has 0 aliphatic heterocycles. The number of likely N-dealkylation sites (N-methyl/N-ethyl adjacent to an activating group) is 1. The Bertz CT molecular complexity index is 1750. The molecule has 9 nitrogen and oxygen atoms in total. The van der Waals surface area contributed by atoms with Crippen LogP contribution in [-0.4, -0.2) is 49.2 Å². The third kappa shape index (κ3) is 4.47. The fourth-order valence-corrected chi connectivity index (χ4v) is 5.29. The second-order valence-electron chi connectivity index (χ2n) is 11.5. The van der Waals surface area contributed by atoms with Crippen LogP contribution in [0.2, 0.25) is 0 Å². The standard InChI is InChI=1S/C31H31N7O2/c1-30(2,3)26(28(40)32-4)37-27(39)24-9-7-20(15-34-24)21-16-35-29-36-17-25(38(29)18-21)31(11-12-31)22-8-10-23-19(14-22)6-5-13-33-23/h5-10,13-18,26H,11-12H2,1-4H3,(H,32,40)(H,37,39)/t26-/m0/s1. The van der Waals surface area contributed by atoms with E-state index < -0.39 is 17.4 Å². The molecule has 6 rings (SSSR count). The first kappa shape index (κ1) is 25.6. The summed E-state index contributed by atoms with van der Waals surface area (Å²) >= 11 is 0. The molecule has 4 aromatic heterocycles. The summed E-state index contributed by atoms with van der Waals surface area (Å²) in [6, 6.07) is 13.4. The minimum atomic E-state index is -0.689. The maximum atomic E-state index is 12.9. The molecule has 1 fully saturated rings. The van der Waals surface area contributed by atoms with Crippen molar-refractivity contribution in [2.45, 2.75) is 45.1 Å². The molecule has 1 aliphatic carbocycles. The summed E-state index contributed by atoms with van der Waals surface area (Å²) in [4.78, 5) is 43.3. The summed E-state index contributed by atoms with van der Waals surface area (Å²) in [6.07, 6.45) is 11.3. The number of hydrogen-bond acceptors (Lipinski definition) is 6. The molecule has 0 bridgehead atoms. The summed E-state index contributed by atoms with van der Waals surface area (Å²) < 4.78 is 2.06. The van der Waals surface area contributed by atoms with Crippen LogP contribution in [0.15, 0.2) is 73.4 Å². The summed E-state index contributed by atoms with van der Waals surface area (Å²) in [5.74, 6) is -0.0116. The van der Waals surface area contributed by atoms with E-state index in [2.05, 4.69) is 59.2 Å². The van der Waals surface area contributed by atoms with E-state index in [0.717, 1.165) is 40.6 Å². The first-order valence-corrected chi connectivity index (χ1v) is 13.4. The van der Waals surface area contributed by atoms with Gasteiger partial charge in [-0.25, -0.2) is 9.97 Å². The van der Waals surface area contributed by atoms with Gasteiger partial charge in [0.05, 0.1) is 17.4 Å². The number of carbonyl (C=O) groups excluding carboxylic acids is 2. The van der Waals surface area contributed by atoms with Gasteiger partial charge in [0.1, 0.15) is 11.7 Å². The van der Waals surface area contributed by atoms with Crippen molar-refractivity contribution in [3.8, 4) is 11.1 Å². The van der Waals surface area contributed by atoms with Gasteiger partial charge >= 0.3 is 0 Å². The molecule has 2 amide bonds. The van der Waals surface area contributed by atoms with Gasteiger partial charge in [-0.15, -0.1) is 0 Å². The zero-order valence-electron chi connectivity index (χ0n) is 23.0. The second-order valence-corrected chi connectivity index (χ2v) is 11.5. The molecular weight excluding hydrogens is 502 g/mol. The van der Waals surface area contributed by atoms with Gasteiger partial charge < -0.3 is 10.6 Å². The molecule has 4 heterocycles. The predicted octanol–water partition coefficient (Wildman–Crippen LogP) is 4.31. The lowest BCUT2D eigenvalue weighted by Crippen LogP contribution is -2.53. The maximum Gasteiger partial charge on any atom is 0.270 e. The second kappa shape index (κ2) is 9.51. The van der Waals surface area contributed by atoms with Gasteiger partial charge in [-0.1, -0.05) is 39.0 Å². The van der Waals surface area contributed by atoms with Crippen LogP contribution in [0.3, 0.4) is 0 Å². The highest BCUT2D eigenvalue weighted by atomic mass is 16.2. The lowest BCUT2D eigenvalue weighted by molar-refractivity contribution is -0.124. The first-order chi connectivity index (χ1) is 19.2. The van der Waals surface area contributed by atoms with Crippen LogP contribution in [0.4, 0.5) is 0 Å². The Balaban J connectivity index is 1.29. The number of carbonyl (C=O) groups is 2. The van der Waals surface area contributed by atoms with E-state index in [0.29, 0.717) is 5.78 Å². The summed E-state index contributed by atoms with van der Waals surface area (Å²) in [7, 11) is 1.56. The molecule has 202 valence electrons. The van der Waals surface area contributed by atoms with E-state index >= 15 is 0 Å². The molecule has 1 saturated carbocycles. The van der Waals surface area contributed by atoms with Gasteiger partial charge in [0, 0.05) is 53.8 Å². The lowest BCUT2D eigenvalue weighted by Gasteiger charge is -2.29. The smallest absolute Gasteiger partial charge is 0.270 e. The Kier molecular flexibility index (Phi) is 6.09. The zero-order chi connectivity index (χ0) is 28.1. The number of nitrogens with one attached hydrogen (secondary N) is 2. The molecule has 0 spiro atoms. The molecule has 1 aliphatic rings. The summed E-state index contributed by atoms with van der Waals surface area (Å²) in [5.41, 5.74) is 4.70. The topological polar surface area (TPSA) is 114 Å². The normalized spacial score (nSPS) is 15.1. The zero-order valence-corrected chi connectivity index (χ0v) is 23.0. The largest absolute Gasteiger partial charge is 0.357 e. The average Bonchev–Trinajstić information content (AvgIpc) is 3.66. The summed E-state index contributed by atoms with van der Waals surface area (Å²) in [5, 5.41) is 6.56. The molecule has 40 heavy (non-hydrogen) atoms. The Labute approximate surface area is 232 Å². The molecule has 5 aromatic rings. The van der Waals surface area contributed by atoms with E-state index in [1.165, 1.54) is 5.56 Å². The number of nitrogens with zero attached hydrogens (tertiary/aromatic N) is 5. The highest BCUT2D eigenvalue weighted by Crippen LogP contribution is 2.53. The van der Waals surface area contributed by atoms with Crippen LogP contribution in [0.25, 0.3) is 27.8 Å². The van der Waals surface area contributed by atoms with Crippen molar-refractivity contribution < 1.29 is 9.59 Å². The minimum absolute atomic E-state index is 0.113. The van der Waals surface area contributed by atoms with E-state index in [9.17, 15) is 9.59 Å². The van der Waals surface area contributed by atoms with Crippen LogP contribution in [0.1, 0.15) is 55.4 Å². The van der Waals surface area contributed by atoms with Crippen molar-refractivity contribution in [2.24, 2.45) is 5.41 Å². The monoisotopic (exact) mass is 533 g/mol. The van der Waals surface area contributed by atoms with Gasteiger partial charge in [0.25, 0.3) is 5.91 Å². The van der Waals surface area contributed by atoms with Gasteiger partial charge in [-0.2, -0.15) is 0 Å². The third-order valence-electron chi connectivity index (χ3n) is 7.74. The lowest BCUT2D eigenvalue weighted by atomic mass is 9.86. The highest BCUT2D eigenvalue weighted by molar-refractivity contribution is 5.96. The number of pyridine rings is 2. The van der Waals surface area contributed by atoms with Gasteiger partial charge in [0.2, 0.25) is 11.7 Å². The fraction of sp³-hybridized carbons (Fsp3) is 0.290. The number of amides is 2. The van der Waals surface area contributed by atoms with E-state index in [4.69, 9.17) is 0 Å². The molecule has 0 unspecified atom stereocenters. The van der Waals surface area contributed by atoms with Crippen molar-refractivity contribution in [3.63, 3.8) is 0 Å². The fourth-order valence-electron chi connectivity index (χ4n) is 5.29. The van der Waals surface area contributed by atoms with E-state index in [1.807, 2.05) is 51.5 Å². The minimum Gasteiger partial charge on any atom is -0.357 e. The Hall–Kier alpha value is -4.66. The van der Waals surface area contributed by atoms with Crippen molar-refractivity contribution in [1.82, 2.24) is 35.0 Å². The molecule has 0 radical (unpaired) electrons. The number of hydrogen-bond donors (Lipinski definition) is 2. The number of imidazole rings is 1. The van der Waals surface area contributed by atoms with Crippen LogP contribution in [0, 0.1) is 5.41 Å². The molecule has 1 atom stereocenters. The van der Waals surface area contributed by atoms with Crippen molar-refractivity contribution >= 4 is 28.5 Å². The van der Waals surface area contributed by atoms with Crippen molar-refractivity contribution in [3.05, 3.63) is 90.4 Å². The third-order valence-corrected chi connectivity index (χ3v) is 7.74. The SMILES string of the molecule is CNC(=O)[C@H](NC(=O)c1ccc(-c2cnc3ncc(C4(c5ccc6ncccc6c5)CC4)n3c2)cn1)C(C)(C)C. The predicted molar refractivity (Wildman–Crippen MR) is 153 cm³/mol. The van der Waals surface area contributed by atoms with Crippen molar-refractivity contribution in [1.29, 1.82) is 0 Å². The quantitative estimate of drug-likeness (QED) is 0.336. The molecule has 0 saturated heterocycles. The number of benzene rings is 1. The van der Waals surface area contributed by atoms with Crippen LogP contribution in [-0.2, 0) is 10.2 Å². The van der Waals surface area contributed by atoms with E-state index in [1.54, 1.807) is 25.5 Å². The van der Waals surface area contributed by atoms with Crippen LogP contribution >= 0.6 is 0 Å². The average molecular weight is 534 g/mol. The molecule has 2 N–H and O–H groups in total. The molecule has 9 heteroatoms. The van der Waals surface area contributed by atoms with Gasteiger partial charge in [0.15, 0.2) is 0 Å². The van der Waals surface area contributed by atoms with E-state index in [-0.39, 0.29) is 17.0 Å². The van der Waals surface area contributed by atoms with Crippen molar-refractivity contribution in [2.75, 3.05) is 7.05 Å². The number of rotatable bonds is 6. The van der Waals surface area contributed by atoms with Crippen LogP contribution in [0.5, 0.6) is 0 Å². The van der Waals surface area contributed by atoms with Gasteiger partial charge in [-0.3, -0.25) is 24.0 Å². The molecule has 1 aromatic carbocycles. The Morgan fingerprint density at radius 3 is 2.42 bits per heavy atom. The summed E-state index contributed by atoms with van der Waals surface area (Å²) in [6.45, 7) is 5.71. The molecular formula is C31H31N7O2. The number of aromatic nitrogens is 5. The Morgan fingerprint density at radius 2 is 1.73 bits per heavy atom.